The monoisotopic (exact) mass is 238 g/mol. The predicted molar refractivity (Wildman–Crippen MR) is 56.5 cm³/mol. The zero-order valence-corrected chi connectivity index (χ0v) is 10.0. The lowest BCUT2D eigenvalue weighted by molar-refractivity contribution is -0.382. The van der Waals surface area contributed by atoms with Crippen LogP contribution in [0.3, 0.4) is 0 Å². The Morgan fingerprint density at radius 3 is 2.76 bits per heavy atom. The van der Waals surface area contributed by atoms with Crippen molar-refractivity contribution in [3.63, 3.8) is 0 Å². The van der Waals surface area contributed by atoms with E-state index < -0.39 is 0 Å². The van der Waals surface area contributed by atoms with Crippen LogP contribution in [-0.4, -0.2) is 24.7 Å². The molecule has 0 radical (unpaired) electrons. The maximum atomic E-state index is 6.18. The molecule has 0 spiro atoms. The molecule has 4 aliphatic heterocycles. The van der Waals surface area contributed by atoms with Gasteiger partial charge in [-0.1, -0.05) is 13.3 Å². The highest BCUT2D eigenvalue weighted by molar-refractivity contribution is 5.13. The molecule has 0 unspecified atom stereocenters. The fraction of sp³-hybridized carbons (Fsp3) is 1.00. The zero-order valence-electron chi connectivity index (χ0n) is 10.0. The second-order valence-corrected chi connectivity index (χ2v) is 6.19. The summed E-state index contributed by atoms with van der Waals surface area (Å²) >= 11 is 0. The predicted octanol–water partition coefficient (Wildman–Crippen LogP) is 1.84. The van der Waals surface area contributed by atoms with E-state index in [0.717, 1.165) is 12.8 Å². The summed E-state index contributed by atoms with van der Waals surface area (Å²) in [6, 6.07) is 0. The van der Waals surface area contributed by atoms with Gasteiger partial charge < -0.3 is 18.9 Å². The van der Waals surface area contributed by atoms with E-state index in [1.54, 1.807) is 0 Å². The second kappa shape index (κ2) is 2.87. The second-order valence-electron chi connectivity index (χ2n) is 6.19. The Balaban J connectivity index is 1.58. The van der Waals surface area contributed by atoms with Crippen molar-refractivity contribution in [2.75, 3.05) is 0 Å². The van der Waals surface area contributed by atoms with E-state index in [2.05, 4.69) is 6.92 Å². The van der Waals surface area contributed by atoms with Crippen LogP contribution in [0.5, 0.6) is 0 Å². The maximum Gasteiger partial charge on any atom is 0.178 e. The lowest BCUT2D eigenvalue weighted by atomic mass is 9.84. The van der Waals surface area contributed by atoms with Gasteiger partial charge in [-0.2, -0.15) is 0 Å². The van der Waals surface area contributed by atoms with Crippen LogP contribution in [0.15, 0.2) is 0 Å². The molecule has 17 heavy (non-hydrogen) atoms. The molecule has 0 N–H and O–H groups in total. The Kier molecular flexibility index (Phi) is 1.64. The number of rotatable bonds is 3. The summed E-state index contributed by atoms with van der Waals surface area (Å²) in [4.78, 5) is 0. The third-order valence-corrected chi connectivity index (χ3v) is 5.48. The van der Waals surface area contributed by atoms with Crippen LogP contribution in [-0.2, 0) is 18.9 Å². The standard InChI is InChI=1S/C13H18O4/c1-2-3-4-13-9-7-5-6-8(9)12(17-13)15-10(6)14-11(7)16-13/h6-12H,2-5H2,1H3/t6-,7+,8-,9-,10+,11-,12+,13-/m1/s1. The summed E-state index contributed by atoms with van der Waals surface area (Å²) in [6.45, 7) is 2.21. The third kappa shape index (κ3) is 0.939. The van der Waals surface area contributed by atoms with Crippen LogP contribution in [0.2, 0.25) is 0 Å². The highest BCUT2D eigenvalue weighted by Crippen LogP contribution is 2.69. The molecule has 0 amide bonds. The van der Waals surface area contributed by atoms with Gasteiger partial charge in [-0.25, -0.2) is 0 Å². The summed E-state index contributed by atoms with van der Waals surface area (Å²) in [5.74, 6) is 1.82. The first kappa shape index (κ1) is 9.73. The molecule has 4 heteroatoms. The third-order valence-electron chi connectivity index (χ3n) is 5.48. The molecule has 5 aliphatic rings. The van der Waals surface area contributed by atoms with Gasteiger partial charge in [-0.05, 0) is 12.8 Å². The first-order chi connectivity index (χ1) is 8.32. The Morgan fingerprint density at radius 1 is 1.06 bits per heavy atom. The van der Waals surface area contributed by atoms with E-state index in [0.29, 0.717) is 23.7 Å². The molecule has 0 aromatic rings. The van der Waals surface area contributed by atoms with Crippen molar-refractivity contribution in [2.24, 2.45) is 23.7 Å². The fourth-order valence-electron chi connectivity index (χ4n) is 4.93. The quantitative estimate of drug-likeness (QED) is 0.751. The SMILES string of the molecule is CCCC[C@@]12O[C@H]3O[C@H]4O[C@@H](O1)[C@@H]1[C@H]4C[C@H]3[C@H]12. The van der Waals surface area contributed by atoms with Crippen LogP contribution < -0.4 is 0 Å². The Bertz CT molecular complexity index is 366. The molecule has 5 rings (SSSR count). The molecule has 4 heterocycles. The minimum atomic E-state index is -0.374. The Labute approximate surface area is 101 Å². The maximum absolute atomic E-state index is 6.18. The van der Waals surface area contributed by atoms with Gasteiger partial charge in [0.25, 0.3) is 0 Å². The van der Waals surface area contributed by atoms with Gasteiger partial charge in [-0.3, -0.25) is 0 Å². The molecule has 4 saturated heterocycles. The molecule has 0 aromatic heterocycles. The van der Waals surface area contributed by atoms with Gasteiger partial charge in [0.2, 0.25) is 0 Å². The van der Waals surface area contributed by atoms with E-state index in [1.165, 1.54) is 12.8 Å². The first-order valence-electron chi connectivity index (χ1n) is 6.99. The van der Waals surface area contributed by atoms with Gasteiger partial charge in [0.15, 0.2) is 24.7 Å². The molecule has 0 aromatic carbocycles. The van der Waals surface area contributed by atoms with Crippen LogP contribution >= 0.6 is 0 Å². The largest absolute Gasteiger partial charge is 0.323 e. The topological polar surface area (TPSA) is 36.9 Å². The molecule has 1 aliphatic carbocycles. The molecule has 2 bridgehead atoms. The molecular weight excluding hydrogens is 220 g/mol. The van der Waals surface area contributed by atoms with Crippen molar-refractivity contribution in [3.05, 3.63) is 0 Å². The molecule has 8 atom stereocenters. The molecule has 4 nitrogen and oxygen atoms in total. The van der Waals surface area contributed by atoms with Crippen LogP contribution in [0, 0.1) is 23.7 Å². The van der Waals surface area contributed by atoms with Gasteiger partial charge in [0.1, 0.15) is 0 Å². The summed E-state index contributed by atoms with van der Waals surface area (Å²) < 4.78 is 24.2. The van der Waals surface area contributed by atoms with Crippen LogP contribution in [0.1, 0.15) is 32.6 Å². The zero-order chi connectivity index (χ0) is 11.2. The Morgan fingerprint density at radius 2 is 1.88 bits per heavy atom. The average Bonchev–Trinajstić information content (AvgIpc) is 2.95. The van der Waals surface area contributed by atoms with Gasteiger partial charge >= 0.3 is 0 Å². The van der Waals surface area contributed by atoms with Crippen molar-refractivity contribution < 1.29 is 18.9 Å². The van der Waals surface area contributed by atoms with Gasteiger partial charge in [0.05, 0.1) is 0 Å². The smallest absolute Gasteiger partial charge is 0.178 e. The van der Waals surface area contributed by atoms with E-state index in [1.807, 2.05) is 0 Å². The fourth-order valence-corrected chi connectivity index (χ4v) is 4.93. The van der Waals surface area contributed by atoms with Crippen molar-refractivity contribution in [1.29, 1.82) is 0 Å². The molecular formula is C13H18O4. The van der Waals surface area contributed by atoms with Gasteiger partial charge in [-0.15, -0.1) is 0 Å². The summed E-state index contributed by atoms with van der Waals surface area (Å²) in [5.41, 5.74) is 0. The average molecular weight is 238 g/mol. The van der Waals surface area contributed by atoms with E-state index >= 15 is 0 Å². The van der Waals surface area contributed by atoms with Crippen LogP contribution in [0.25, 0.3) is 0 Å². The normalized spacial score (nSPS) is 65.1. The number of unbranched alkanes of at least 4 members (excludes halogenated alkanes) is 1. The van der Waals surface area contributed by atoms with Gasteiger partial charge in [0, 0.05) is 30.1 Å². The molecule has 5 fully saturated rings. The van der Waals surface area contributed by atoms with Crippen molar-refractivity contribution in [3.8, 4) is 0 Å². The Hall–Kier alpha value is -0.160. The van der Waals surface area contributed by atoms with E-state index in [-0.39, 0.29) is 24.7 Å². The minimum absolute atomic E-state index is 0.0549. The summed E-state index contributed by atoms with van der Waals surface area (Å²) in [7, 11) is 0. The number of hydrogen-bond donors (Lipinski definition) is 0. The molecule has 94 valence electrons. The highest BCUT2D eigenvalue weighted by Gasteiger charge is 2.77. The first-order valence-corrected chi connectivity index (χ1v) is 6.99. The van der Waals surface area contributed by atoms with Crippen molar-refractivity contribution in [2.45, 2.75) is 57.3 Å². The molecule has 1 saturated carbocycles. The summed E-state index contributed by atoms with van der Waals surface area (Å²) in [5, 5.41) is 0. The van der Waals surface area contributed by atoms with Crippen molar-refractivity contribution in [1.82, 2.24) is 0 Å². The van der Waals surface area contributed by atoms with E-state index in [4.69, 9.17) is 18.9 Å². The lowest BCUT2D eigenvalue weighted by Gasteiger charge is -2.35. The number of hydrogen-bond acceptors (Lipinski definition) is 4. The lowest BCUT2D eigenvalue weighted by Crippen LogP contribution is -2.41. The number of ether oxygens (including phenoxy) is 4. The van der Waals surface area contributed by atoms with Crippen LogP contribution in [0.4, 0.5) is 0 Å². The van der Waals surface area contributed by atoms with Crippen molar-refractivity contribution >= 4 is 0 Å². The highest BCUT2D eigenvalue weighted by atomic mass is 16.9. The minimum Gasteiger partial charge on any atom is -0.323 e. The van der Waals surface area contributed by atoms with E-state index in [9.17, 15) is 0 Å². The summed E-state index contributed by atoms with van der Waals surface area (Å²) in [6.07, 6.45) is 4.38.